The Kier molecular flexibility index (Phi) is 6.55. The second-order valence-corrected chi connectivity index (χ2v) is 7.55. The number of methoxy groups -OCH3 is 1. The van der Waals surface area contributed by atoms with Crippen molar-refractivity contribution in [2.75, 3.05) is 24.7 Å². The lowest BCUT2D eigenvalue weighted by atomic mass is 10.2. The lowest BCUT2D eigenvalue weighted by Gasteiger charge is -2.11. The van der Waals surface area contributed by atoms with Gasteiger partial charge in [-0.15, -0.1) is 0 Å². The number of carbonyl (C=O) groups is 1. The molecule has 2 N–H and O–H groups in total. The molecule has 0 aliphatic heterocycles. The van der Waals surface area contributed by atoms with Gasteiger partial charge in [0.15, 0.2) is 0 Å². The Morgan fingerprint density at radius 2 is 1.84 bits per heavy atom. The van der Waals surface area contributed by atoms with Gasteiger partial charge in [0.1, 0.15) is 5.75 Å². The lowest BCUT2D eigenvalue weighted by molar-refractivity contribution is -0.115. The van der Waals surface area contributed by atoms with Crippen LogP contribution < -0.4 is 14.8 Å². The van der Waals surface area contributed by atoms with Crippen molar-refractivity contribution in [1.82, 2.24) is 4.72 Å². The average molecular weight is 362 g/mol. The predicted octanol–water partition coefficient (Wildman–Crippen LogP) is 2.10. The van der Waals surface area contributed by atoms with Crippen molar-refractivity contribution < 1.29 is 17.9 Å². The normalized spacial score (nSPS) is 11.1. The predicted molar refractivity (Wildman–Crippen MR) is 98.3 cm³/mol. The summed E-state index contributed by atoms with van der Waals surface area (Å²) in [5, 5.41) is 2.66. The fraction of sp³-hybridized carbons (Fsp3) is 0.278. The molecule has 0 spiro atoms. The number of hydrogen-bond donors (Lipinski definition) is 2. The summed E-state index contributed by atoms with van der Waals surface area (Å²) in [4.78, 5) is 12.0. The number of anilines is 1. The van der Waals surface area contributed by atoms with E-state index >= 15 is 0 Å². The number of aryl methyl sites for hydroxylation is 2. The molecular weight excluding hydrogens is 340 g/mol. The van der Waals surface area contributed by atoms with Gasteiger partial charge in [0.2, 0.25) is 15.9 Å². The summed E-state index contributed by atoms with van der Waals surface area (Å²) in [6, 6.07) is 14.7. The number of nitrogens with one attached hydrogen (secondary N) is 2. The van der Waals surface area contributed by atoms with Crippen LogP contribution in [0.5, 0.6) is 5.75 Å². The number of ether oxygens (including phenoxy) is 1. The van der Waals surface area contributed by atoms with Gasteiger partial charge in [-0.1, -0.05) is 36.4 Å². The summed E-state index contributed by atoms with van der Waals surface area (Å²) in [6.45, 7) is 1.57. The molecule has 0 atom stereocenters. The molecule has 25 heavy (non-hydrogen) atoms. The van der Waals surface area contributed by atoms with Gasteiger partial charge in [0, 0.05) is 0 Å². The molecule has 0 radical (unpaired) electrons. The molecular formula is C18H22N2O4S. The smallest absolute Gasteiger partial charge is 0.239 e. The van der Waals surface area contributed by atoms with Crippen molar-refractivity contribution in [3.63, 3.8) is 0 Å². The third-order valence-corrected chi connectivity index (χ3v) is 4.91. The summed E-state index contributed by atoms with van der Waals surface area (Å²) in [7, 11) is -2.03. The van der Waals surface area contributed by atoms with E-state index in [-0.39, 0.29) is 12.3 Å². The number of rotatable bonds is 8. The van der Waals surface area contributed by atoms with Crippen molar-refractivity contribution in [3.8, 4) is 5.75 Å². The lowest BCUT2D eigenvalue weighted by Crippen LogP contribution is -2.34. The maximum atomic E-state index is 12.0. The van der Waals surface area contributed by atoms with E-state index in [4.69, 9.17) is 4.74 Å². The van der Waals surface area contributed by atoms with Gasteiger partial charge >= 0.3 is 0 Å². The summed E-state index contributed by atoms with van der Waals surface area (Å²) >= 11 is 0. The minimum atomic E-state index is -3.53. The highest BCUT2D eigenvalue weighted by Gasteiger charge is 2.14. The Morgan fingerprint density at radius 1 is 1.12 bits per heavy atom. The number of carbonyl (C=O) groups excluding carboxylic acids is 1. The fourth-order valence-electron chi connectivity index (χ4n) is 2.26. The van der Waals surface area contributed by atoms with E-state index in [1.54, 1.807) is 12.1 Å². The minimum absolute atomic E-state index is 0.0714. The van der Waals surface area contributed by atoms with Gasteiger partial charge in [-0.2, -0.15) is 0 Å². The minimum Gasteiger partial charge on any atom is -0.495 e. The molecule has 0 aliphatic carbocycles. The molecule has 6 nitrogen and oxygen atoms in total. The van der Waals surface area contributed by atoms with Crippen LogP contribution in [0.2, 0.25) is 0 Å². The quantitative estimate of drug-likeness (QED) is 0.753. The molecule has 0 bridgehead atoms. The molecule has 0 heterocycles. The first-order valence-corrected chi connectivity index (χ1v) is 9.50. The zero-order chi connectivity index (χ0) is 18.3. The van der Waals surface area contributed by atoms with Crippen LogP contribution in [0.3, 0.4) is 0 Å². The number of sulfonamides is 1. The van der Waals surface area contributed by atoms with Gasteiger partial charge in [-0.3, -0.25) is 4.79 Å². The first kappa shape index (κ1) is 19.0. The summed E-state index contributed by atoms with van der Waals surface area (Å²) < 4.78 is 31.5. The zero-order valence-corrected chi connectivity index (χ0v) is 15.1. The average Bonchev–Trinajstić information content (AvgIpc) is 2.60. The van der Waals surface area contributed by atoms with E-state index in [2.05, 4.69) is 10.0 Å². The van der Waals surface area contributed by atoms with Crippen LogP contribution in [0.1, 0.15) is 11.1 Å². The van der Waals surface area contributed by atoms with Gasteiger partial charge in [0.05, 0.1) is 25.1 Å². The molecule has 2 aromatic rings. The molecule has 0 fully saturated rings. The van der Waals surface area contributed by atoms with E-state index in [9.17, 15) is 13.2 Å². The van der Waals surface area contributed by atoms with Crippen molar-refractivity contribution in [2.45, 2.75) is 13.3 Å². The van der Waals surface area contributed by atoms with Gasteiger partial charge in [-0.05, 0) is 36.6 Å². The monoisotopic (exact) mass is 362 g/mol. The maximum Gasteiger partial charge on any atom is 0.239 e. The first-order chi connectivity index (χ1) is 11.9. The Balaban J connectivity index is 1.87. The molecule has 0 aromatic heterocycles. The fourth-order valence-corrected chi connectivity index (χ4v) is 3.26. The summed E-state index contributed by atoms with van der Waals surface area (Å²) in [5.74, 6) is -0.00371. The van der Waals surface area contributed by atoms with Gasteiger partial charge in [-0.25, -0.2) is 13.1 Å². The largest absolute Gasteiger partial charge is 0.495 e. The SMILES string of the molecule is COc1ccc(C)cc1NC(=O)CNS(=O)(=O)CCc1ccccc1. The van der Waals surface area contributed by atoms with Gasteiger partial charge in [0.25, 0.3) is 0 Å². The second-order valence-electron chi connectivity index (χ2n) is 5.63. The Hall–Kier alpha value is -2.38. The van der Waals surface area contributed by atoms with Crippen molar-refractivity contribution >= 4 is 21.6 Å². The molecule has 0 unspecified atom stereocenters. The van der Waals surface area contributed by atoms with Crippen LogP contribution in [-0.4, -0.2) is 33.7 Å². The van der Waals surface area contributed by atoms with Gasteiger partial charge < -0.3 is 10.1 Å². The van der Waals surface area contributed by atoms with Crippen LogP contribution in [0.15, 0.2) is 48.5 Å². The third-order valence-electron chi connectivity index (χ3n) is 3.58. The van der Waals surface area contributed by atoms with Crippen LogP contribution in [-0.2, 0) is 21.2 Å². The first-order valence-electron chi connectivity index (χ1n) is 7.85. The maximum absolute atomic E-state index is 12.0. The Labute approximate surface area is 148 Å². The topological polar surface area (TPSA) is 84.5 Å². The second kappa shape index (κ2) is 8.64. The van der Waals surface area contributed by atoms with Crippen LogP contribution in [0.25, 0.3) is 0 Å². The third kappa shape index (κ3) is 6.21. The van der Waals surface area contributed by atoms with E-state index in [1.807, 2.05) is 43.3 Å². The van der Waals surface area contributed by atoms with Crippen molar-refractivity contribution in [3.05, 3.63) is 59.7 Å². The number of hydrogen-bond acceptors (Lipinski definition) is 4. The van der Waals surface area contributed by atoms with Crippen LogP contribution >= 0.6 is 0 Å². The molecule has 1 amide bonds. The summed E-state index contributed by atoms with van der Waals surface area (Å²) in [6.07, 6.45) is 0.392. The summed E-state index contributed by atoms with van der Waals surface area (Å²) in [5.41, 5.74) is 2.40. The van der Waals surface area contributed by atoms with Crippen LogP contribution in [0.4, 0.5) is 5.69 Å². The van der Waals surface area contributed by atoms with E-state index in [0.29, 0.717) is 17.9 Å². The molecule has 2 rings (SSSR count). The zero-order valence-electron chi connectivity index (χ0n) is 14.3. The molecule has 134 valence electrons. The van der Waals surface area contributed by atoms with E-state index in [0.717, 1.165) is 11.1 Å². The number of amides is 1. The van der Waals surface area contributed by atoms with Crippen LogP contribution in [0, 0.1) is 6.92 Å². The van der Waals surface area contributed by atoms with E-state index in [1.165, 1.54) is 7.11 Å². The molecule has 0 saturated heterocycles. The standard InChI is InChI=1S/C18H22N2O4S/c1-14-8-9-17(24-2)16(12-14)20-18(21)13-19-25(22,23)11-10-15-6-4-3-5-7-15/h3-9,12,19H,10-11,13H2,1-2H3,(H,20,21). The molecule has 0 aliphatic rings. The Bertz CT molecular complexity index is 820. The molecule has 2 aromatic carbocycles. The molecule has 0 saturated carbocycles. The number of benzene rings is 2. The highest BCUT2D eigenvalue weighted by atomic mass is 32.2. The highest BCUT2D eigenvalue weighted by molar-refractivity contribution is 7.89. The highest BCUT2D eigenvalue weighted by Crippen LogP contribution is 2.24. The van der Waals surface area contributed by atoms with E-state index < -0.39 is 15.9 Å². The van der Waals surface area contributed by atoms with Crippen molar-refractivity contribution in [1.29, 1.82) is 0 Å². The molecule has 7 heteroatoms. The Morgan fingerprint density at radius 3 is 2.52 bits per heavy atom. The van der Waals surface area contributed by atoms with Crippen molar-refractivity contribution in [2.24, 2.45) is 0 Å².